The van der Waals surface area contributed by atoms with E-state index in [9.17, 15) is 0 Å². The summed E-state index contributed by atoms with van der Waals surface area (Å²) in [5.74, 6) is 2.22. The lowest BCUT2D eigenvalue weighted by Gasteiger charge is -2.38. The van der Waals surface area contributed by atoms with E-state index in [4.69, 9.17) is 4.74 Å². The molecule has 0 unspecified atom stereocenters. The van der Waals surface area contributed by atoms with E-state index in [1.165, 1.54) is 5.69 Å². The lowest BCUT2D eigenvalue weighted by atomic mass is 10.2. The molecule has 2 nitrogen and oxygen atoms in total. The van der Waals surface area contributed by atoms with Gasteiger partial charge in [0.05, 0.1) is 13.1 Å². The zero-order valence-corrected chi connectivity index (χ0v) is 12.7. The molecule has 1 aromatic rings. The molecule has 0 amide bonds. The van der Waals surface area contributed by atoms with Crippen LogP contribution in [0.4, 0.5) is 5.69 Å². The number of hydrogen-bond acceptors (Lipinski definition) is 4. The first kappa shape index (κ1) is 14.1. The van der Waals surface area contributed by atoms with Crippen LogP contribution >= 0.6 is 23.5 Å². The first-order chi connectivity index (χ1) is 8.83. The van der Waals surface area contributed by atoms with Crippen molar-refractivity contribution in [2.24, 2.45) is 0 Å². The Bertz CT molecular complexity index is 333. The van der Waals surface area contributed by atoms with Crippen LogP contribution in [-0.4, -0.2) is 35.5 Å². The molecule has 1 saturated heterocycles. The van der Waals surface area contributed by atoms with E-state index in [1.54, 1.807) is 0 Å². The summed E-state index contributed by atoms with van der Waals surface area (Å²) < 4.78 is 6.10. The van der Waals surface area contributed by atoms with Crippen LogP contribution in [0.25, 0.3) is 0 Å². The Morgan fingerprint density at radius 3 is 2.11 bits per heavy atom. The molecule has 0 saturated carbocycles. The summed E-state index contributed by atoms with van der Waals surface area (Å²) in [6, 6.07) is 10.7. The molecular weight excluding hydrogens is 262 g/mol. The van der Waals surface area contributed by atoms with Crippen LogP contribution in [0.1, 0.15) is 13.8 Å². The molecule has 0 bridgehead atoms. The summed E-state index contributed by atoms with van der Waals surface area (Å²) in [6.07, 6.45) is 0. The Morgan fingerprint density at radius 1 is 1.06 bits per heavy atom. The highest BCUT2D eigenvalue weighted by Crippen LogP contribution is 2.29. The minimum absolute atomic E-state index is 0.299. The van der Waals surface area contributed by atoms with Crippen LogP contribution in [0.5, 0.6) is 0 Å². The highest BCUT2D eigenvalue weighted by Gasteiger charge is 2.27. The number of morpholine rings is 1. The maximum absolute atomic E-state index is 6.10. The molecule has 0 radical (unpaired) electrons. The first-order valence-electron chi connectivity index (χ1n) is 6.52. The summed E-state index contributed by atoms with van der Waals surface area (Å²) in [5.41, 5.74) is 1.91. The Kier molecular flexibility index (Phi) is 5.73. The summed E-state index contributed by atoms with van der Waals surface area (Å²) in [6.45, 7) is 6.36. The van der Waals surface area contributed by atoms with Crippen molar-refractivity contribution >= 4 is 29.2 Å². The summed E-state index contributed by atoms with van der Waals surface area (Å²) in [4.78, 5) is 2.45. The van der Waals surface area contributed by atoms with Crippen molar-refractivity contribution < 1.29 is 4.74 Å². The highest BCUT2D eigenvalue weighted by atomic mass is 32.2. The molecule has 1 fully saturated rings. The van der Waals surface area contributed by atoms with Crippen molar-refractivity contribution in [1.29, 1.82) is 0 Å². The van der Waals surface area contributed by atoms with E-state index in [1.807, 2.05) is 23.5 Å². The molecule has 4 heteroatoms. The third kappa shape index (κ3) is 3.84. The molecule has 1 aliphatic heterocycles. The largest absolute Gasteiger partial charge is 0.365 e. The number of nitrogens with zero attached hydrogens (tertiary/aromatic N) is 1. The topological polar surface area (TPSA) is 12.5 Å². The quantitative estimate of drug-likeness (QED) is 0.817. The van der Waals surface area contributed by atoms with Gasteiger partial charge in [0.15, 0.2) is 0 Å². The van der Waals surface area contributed by atoms with E-state index in [0.29, 0.717) is 10.9 Å². The third-order valence-corrected chi connectivity index (χ3v) is 4.80. The van der Waals surface area contributed by atoms with Crippen LogP contribution in [0.3, 0.4) is 0 Å². The fourth-order valence-corrected chi connectivity index (χ4v) is 3.91. The van der Waals surface area contributed by atoms with Crippen LogP contribution in [0.15, 0.2) is 30.3 Å². The maximum Gasteiger partial charge on any atom is 0.122 e. The molecule has 2 atom stereocenters. The number of para-hydroxylation sites is 1. The Balaban J connectivity index is 2.05. The van der Waals surface area contributed by atoms with E-state index < -0.39 is 0 Å². The number of benzene rings is 1. The number of rotatable bonds is 5. The smallest absolute Gasteiger partial charge is 0.122 e. The number of thioether (sulfide) groups is 2. The molecule has 0 aromatic heterocycles. The Hall–Kier alpha value is -0.320. The highest BCUT2D eigenvalue weighted by molar-refractivity contribution is 8.00. The van der Waals surface area contributed by atoms with Crippen molar-refractivity contribution in [3.63, 3.8) is 0 Å². The van der Waals surface area contributed by atoms with Crippen molar-refractivity contribution in [3.8, 4) is 0 Å². The van der Waals surface area contributed by atoms with Crippen LogP contribution in [0, 0.1) is 0 Å². The first-order valence-corrected chi connectivity index (χ1v) is 8.62. The van der Waals surface area contributed by atoms with Crippen LogP contribution in [-0.2, 0) is 4.74 Å². The molecule has 18 heavy (non-hydrogen) atoms. The fourth-order valence-electron chi connectivity index (χ4n) is 2.10. The van der Waals surface area contributed by atoms with E-state index in [2.05, 4.69) is 49.1 Å². The average Bonchev–Trinajstić information content (AvgIpc) is 2.40. The normalized spacial score (nSPS) is 24.2. The number of ether oxygens (including phenoxy) is 1. The molecule has 1 aliphatic rings. The summed E-state index contributed by atoms with van der Waals surface area (Å²) in [7, 11) is 0. The van der Waals surface area contributed by atoms with Crippen LogP contribution in [0.2, 0.25) is 0 Å². The molecule has 100 valence electrons. The van der Waals surface area contributed by atoms with Gasteiger partial charge in [-0.2, -0.15) is 0 Å². The van der Waals surface area contributed by atoms with Gasteiger partial charge < -0.3 is 9.64 Å². The second-order valence-electron chi connectivity index (χ2n) is 4.15. The fraction of sp³-hybridized carbons (Fsp3) is 0.571. The van der Waals surface area contributed by atoms with Gasteiger partial charge >= 0.3 is 0 Å². The minimum Gasteiger partial charge on any atom is -0.365 e. The molecule has 0 N–H and O–H groups in total. The maximum atomic E-state index is 6.10. The molecule has 2 rings (SSSR count). The molecule has 0 spiro atoms. The van der Waals surface area contributed by atoms with Gasteiger partial charge in [0.1, 0.15) is 10.9 Å². The van der Waals surface area contributed by atoms with Crippen molar-refractivity contribution in [2.75, 3.05) is 29.5 Å². The SMILES string of the molecule is CCS[C@@H]1CN(c2ccccc2)C[C@H](SCC)O1. The molecular formula is C14H21NOS2. The lowest BCUT2D eigenvalue weighted by Crippen LogP contribution is -2.45. The summed E-state index contributed by atoms with van der Waals surface area (Å²) in [5, 5.41) is 0. The van der Waals surface area contributed by atoms with E-state index in [-0.39, 0.29) is 0 Å². The standard InChI is InChI=1S/C14H21NOS2/c1-3-17-13-10-15(11-14(16-13)18-4-2)12-8-6-5-7-9-12/h5-9,13-14H,3-4,10-11H2,1-2H3/t13-,14+. The van der Waals surface area contributed by atoms with Gasteiger partial charge in [-0.1, -0.05) is 32.0 Å². The van der Waals surface area contributed by atoms with Gasteiger partial charge in [0.2, 0.25) is 0 Å². The van der Waals surface area contributed by atoms with Gasteiger partial charge in [-0.05, 0) is 23.6 Å². The number of anilines is 1. The Morgan fingerprint density at radius 2 is 1.61 bits per heavy atom. The van der Waals surface area contributed by atoms with Gasteiger partial charge in [-0.25, -0.2) is 0 Å². The molecule has 0 aliphatic carbocycles. The average molecular weight is 283 g/mol. The second kappa shape index (κ2) is 7.31. The second-order valence-corrected chi connectivity index (χ2v) is 7.02. The zero-order valence-electron chi connectivity index (χ0n) is 11.0. The van der Waals surface area contributed by atoms with Crippen LogP contribution < -0.4 is 4.90 Å². The molecule has 1 aromatic carbocycles. The third-order valence-electron chi connectivity index (χ3n) is 2.87. The number of hydrogen-bond donors (Lipinski definition) is 0. The zero-order chi connectivity index (χ0) is 12.8. The predicted octanol–water partition coefficient (Wildman–Crippen LogP) is 3.68. The Labute approximate surface area is 118 Å². The summed E-state index contributed by atoms with van der Waals surface area (Å²) >= 11 is 3.81. The minimum atomic E-state index is 0.299. The van der Waals surface area contributed by atoms with Gasteiger partial charge in [-0.3, -0.25) is 0 Å². The molecule has 1 heterocycles. The van der Waals surface area contributed by atoms with Gasteiger partial charge in [0, 0.05) is 5.69 Å². The van der Waals surface area contributed by atoms with E-state index >= 15 is 0 Å². The predicted molar refractivity (Wildman–Crippen MR) is 83.6 cm³/mol. The van der Waals surface area contributed by atoms with Gasteiger partial charge in [0.25, 0.3) is 0 Å². The monoisotopic (exact) mass is 283 g/mol. The van der Waals surface area contributed by atoms with Crippen molar-refractivity contribution in [1.82, 2.24) is 0 Å². The van der Waals surface area contributed by atoms with E-state index in [0.717, 1.165) is 24.6 Å². The van der Waals surface area contributed by atoms with Gasteiger partial charge in [-0.15, -0.1) is 23.5 Å². The van der Waals surface area contributed by atoms with Crippen molar-refractivity contribution in [3.05, 3.63) is 30.3 Å². The lowest BCUT2D eigenvalue weighted by molar-refractivity contribution is 0.0754. The van der Waals surface area contributed by atoms with Crippen molar-refractivity contribution in [2.45, 2.75) is 24.7 Å².